The number of benzene rings is 2. The van der Waals surface area contributed by atoms with Crippen molar-refractivity contribution in [1.29, 1.82) is 0 Å². The van der Waals surface area contributed by atoms with Gasteiger partial charge in [-0.25, -0.2) is 24.4 Å². The fourth-order valence-electron chi connectivity index (χ4n) is 16.8. The molecule has 104 heavy (non-hydrogen) atoms. The second kappa shape index (κ2) is 30.8. The number of carbonyl (C=O) groups is 7. The summed E-state index contributed by atoms with van der Waals surface area (Å²) in [5, 5.41) is 65.6. The number of hydrogen-bond donors (Lipinski definition) is 9. The summed E-state index contributed by atoms with van der Waals surface area (Å²) in [6.45, 7) is 8.02. The molecule has 7 aliphatic rings. The molecule has 0 radical (unpaired) electrons. The Morgan fingerprint density at radius 1 is 0.865 bits per heavy atom. The number of aliphatic hydroxyl groups is 3. The zero-order valence-electron chi connectivity index (χ0n) is 57.8. The smallest absolute Gasteiger partial charge is 0.410 e. The van der Waals surface area contributed by atoms with Crippen LogP contribution in [0.4, 0.5) is 21.4 Å². The number of aliphatic hydroxyl groups excluding tert-OH is 3. The normalized spacial score (nSPS) is 24.8. The van der Waals surface area contributed by atoms with Gasteiger partial charge in [0.1, 0.15) is 36.5 Å². The number of rotatable bonds is 30. The molecule has 9 N–H and O–H groups in total. The topological polar surface area (TPSA) is 414 Å². The molecule has 4 saturated carbocycles. The molecule has 0 spiro atoms. The molecule has 4 aliphatic carbocycles. The molecule has 5 fully saturated rings. The van der Waals surface area contributed by atoms with Crippen molar-refractivity contribution in [2.45, 2.75) is 147 Å². The van der Waals surface area contributed by atoms with Crippen molar-refractivity contribution in [3.05, 3.63) is 125 Å². The van der Waals surface area contributed by atoms with Crippen molar-refractivity contribution < 1.29 is 91.0 Å². The number of carboxylic acid groups (broad SMARTS) is 2. The second-order valence-corrected chi connectivity index (χ2v) is 31.4. The number of aromatic nitrogens is 5. The Hall–Kier alpha value is -9.28. The average Bonchev–Trinajstić information content (AvgIpc) is 0.712. The minimum atomic E-state index is -4.55. The Morgan fingerprint density at radius 2 is 1.66 bits per heavy atom. The lowest BCUT2D eigenvalue weighted by Gasteiger charge is -2.69. The number of ether oxygens (including phenoxy) is 4. The Balaban J connectivity index is 0.679. The second-order valence-electron chi connectivity index (χ2n) is 28.8. The maximum atomic E-state index is 13.9. The summed E-state index contributed by atoms with van der Waals surface area (Å²) in [5.74, 6) is -4.60. The molecule has 4 bridgehead atoms. The van der Waals surface area contributed by atoms with Crippen molar-refractivity contribution in [2.75, 3.05) is 73.8 Å². The van der Waals surface area contributed by atoms with Gasteiger partial charge in [-0.2, -0.15) is 18.5 Å². The monoisotopic (exact) mass is 1470 g/mol. The number of nitrogens with zero attached hydrogens (tertiary/aromatic N) is 8. The van der Waals surface area contributed by atoms with E-state index in [2.05, 4.69) is 39.8 Å². The molecule has 3 aliphatic heterocycles. The fourth-order valence-corrected chi connectivity index (χ4v) is 18.1. The SMILES string of the molecule is Cc1c(-c2ccc(N3CCc4cccc(C(=O)Nc5nc6ncccc6s5)c4C3)nc2C(=O)O)cnn1CC12CC3(C)CC(C)(C1)CC(OCCN(CCS(=O)(=O)O)C(=O)OC/C=C/c1ccc(O[C@@H]4O[C@H](C(=O)O)[C@@H](O)[C@H](O)[C@H]4O)c(NC(=O)CCNC(=O)CCCCCN4CC=CC4=O)c1)(C3)C2. The molecular weight excluding hydrogens is 1390 g/mol. The Bertz CT molecular complexity index is 4410. The van der Waals surface area contributed by atoms with Crippen LogP contribution in [0.5, 0.6) is 5.75 Å². The number of thiazole rings is 1. The van der Waals surface area contributed by atoms with Crippen molar-refractivity contribution in [3.63, 3.8) is 0 Å². The molecule has 30 nitrogen and oxygen atoms in total. The van der Waals surface area contributed by atoms with Crippen LogP contribution in [0, 0.1) is 23.2 Å². The number of carboxylic acids is 2. The van der Waals surface area contributed by atoms with Crippen LogP contribution in [0.3, 0.4) is 0 Å². The first-order valence-corrected chi connectivity index (χ1v) is 37.1. The third-order valence-electron chi connectivity index (χ3n) is 20.3. The van der Waals surface area contributed by atoms with Crippen LogP contribution in [-0.2, 0) is 63.0 Å². The van der Waals surface area contributed by atoms with E-state index in [1.54, 1.807) is 41.6 Å². The van der Waals surface area contributed by atoms with Crippen molar-refractivity contribution in [1.82, 2.24) is 39.8 Å². The lowest BCUT2D eigenvalue weighted by Crippen LogP contribution is -2.64. The zero-order chi connectivity index (χ0) is 73.9. The number of fused-ring (bicyclic) bond motifs is 2. The van der Waals surface area contributed by atoms with Gasteiger partial charge in [0.2, 0.25) is 24.0 Å². The quantitative estimate of drug-likeness (QED) is 0.0169. The van der Waals surface area contributed by atoms with E-state index in [4.69, 9.17) is 29.0 Å². The van der Waals surface area contributed by atoms with E-state index >= 15 is 0 Å². The standard InChI is InChI=1S/C72H85N11O19S2/c1-43-48(46-18-20-53(77-57(46)64(91)92)82-27-22-45-12-7-13-47(49(45)35-82)63(90)79-67-78-62-52(103-67)14-8-23-74-62)34-75-83(43)42-71-37-69(2)36-70(3,38-71)40-72(39-69,41-71)100-31-28-81(29-32-104(96,97)98)68(95)99-30-10-11-44-17-19-51(101-66-60(89)58(87)59(88)61(102-66)65(93)94)50(33-44)76-55(85)21-24-73-54(84)15-5-4-6-25-80-26-9-16-56(80)86/h7-14,16-20,23,33-34,58-61,66,87-89H,4-6,15,21-22,24-32,35-42H2,1-3H3,(H,73,84)(H,76,85)(H,91,92)(H,93,94)(H,96,97,98)(H,74,78,79,90)/b11-10+/t58-,59-,60+,61-,66+,69?,70?,71?,72?/m0/s1. The highest BCUT2D eigenvalue weighted by Crippen LogP contribution is 2.72. The molecule has 7 heterocycles. The van der Waals surface area contributed by atoms with Crippen LogP contribution in [-0.4, -0.2) is 209 Å². The third-order valence-corrected chi connectivity index (χ3v) is 22.0. The number of unbranched alkanes of at least 4 members (excludes halogenated alkanes) is 2. The Kier molecular flexibility index (Phi) is 22.1. The summed E-state index contributed by atoms with van der Waals surface area (Å²) < 4.78 is 60.6. The van der Waals surface area contributed by atoms with Crippen LogP contribution in [0.15, 0.2) is 91.3 Å². The first-order chi connectivity index (χ1) is 49.5. The molecule has 32 heteroatoms. The number of pyridine rings is 2. The summed E-state index contributed by atoms with van der Waals surface area (Å²) in [5.41, 5.74) is 3.59. The maximum absolute atomic E-state index is 13.9. The summed E-state index contributed by atoms with van der Waals surface area (Å²) in [6.07, 6.45) is 6.36. The van der Waals surface area contributed by atoms with E-state index in [0.717, 1.165) is 64.9 Å². The van der Waals surface area contributed by atoms with Crippen LogP contribution in [0.1, 0.15) is 128 Å². The number of anilines is 3. The number of carbonyl (C=O) groups excluding carboxylic acids is 5. The van der Waals surface area contributed by atoms with E-state index in [1.807, 2.05) is 40.8 Å². The Morgan fingerprint density at radius 3 is 2.40 bits per heavy atom. The third kappa shape index (κ3) is 17.2. The van der Waals surface area contributed by atoms with Gasteiger partial charge in [0, 0.05) is 99.9 Å². The number of amides is 5. The lowest BCUT2D eigenvalue weighted by atomic mass is 9.39. The summed E-state index contributed by atoms with van der Waals surface area (Å²) in [6, 6.07) is 17.2. The molecule has 5 amide bonds. The van der Waals surface area contributed by atoms with Crippen LogP contribution >= 0.6 is 11.3 Å². The van der Waals surface area contributed by atoms with Gasteiger partial charge in [-0.15, -0.1) is 0 Å². The number of aliphatic carboxylic acids is 1. The highest BCUT2D eigenvalue weighted by molar-refractivity contribution is 7.85. The van der Waals surface area contributed by atoms with Crippen LogP contribution in [0.2, 0.25) is 0 Å². The van der Waals surface area contributed by atoms with E-state index in [1.165, 1.54) is 47.8 Å². The number of nitrogens with one attached hydrogen (secondary N) is 3. The van der Waals surface area contributed by atoms with Gasteiger partial charge in [0.05, 0.1) is 34.5 Å². The van der Waals surface area contributed by atoms with E-state index in [0.29, 0.717) is 97.3 Å². The first kappa shape index (κ1) is 74.4. The first-order valence-electron chi connectivity index (χ1n) is 34.6. The van der Waals surface area contributed by atoms with Crippen molar-refractivity contribution >= 4 is 96.2 Å². The zero-order valence-corrected chi connectivity index (χ0v) is 59.4. The van der Waals surface area contributed by atoms with Gasteiger partial charge in [-0.3, -0.25) is 33.7 Å². The lowest BCUT2D eigenvalue weighted by molar-refractivity contribution is -0.271. The highest BCUT2D eigenvalue weighted by atomic mass is 32.2. The summed E-state index contributed by atoms with van der Waals surface area (Å²) in [4.78, 5) is 109. The van der Waals surface area contributed by atoms with Gasteiger partial charge in [0.25, 0.3) is 16.0 Å². The van der Waals surface area contributed by atoms with E-state index in [-0.39, 0.29) is 90.2 Å². The van der Waals surface area contributed by atoms with E-state index in [9.17, 15) is 72.1 Å². The number of hydrogen-bond acceptors (Lipinski definition) is 22. The molecular formula is C72H85N11O19S2. The van der Waals surface area contributed by atoms with Gasteiger partial charge in [0.15, 0.2) is 22.6 Å². The molecule has 554 valence electrons. The minimum Gasteiger partial charge on any atom is -0.479 e. The highest BCUT2D eigenvalue weighted by Gasteiger charge is 2.66. The minimum absolute atomic E-state index is 0.00881. The molecule has 4 aromatic heterocycles. The largest absolute Gasteiger partial charge is 0.479 e. The Labute approximate surface area is 603 Å². The van der Waals surface area contributed by atoms with Gasteiger partial charge in [-0.1, -0.05) is 62.0 Å². The molecule has 13 rings (SSSR count). The summed E-state index contributed by atoms with van der Waals surface area (Å²) >= 11 is 1.33. The summed E-state index contributed by atoms with van der Waals surface area (Å²) in [7, 11) is -4.55. The molecule has 1 saturated heterocycles. The van der Waals surface area contributed by atoms with Crippen molar-refractivity contribution in [3.8, 4) is 16.9 Å². The predicted molar refractivity (Wildman–Crippen MR) is 379 cm³/mol. The van der Waals surface area contributed by atoms with Gasteiger partial charge >= 0.3 is 18.0 Å². The molecule has 6 aromatic rings. The van der Waals surface area contributed by atoms with Gasteiger partial charge < -0.3 is 69.8 Å². The van der Waals surface area contributed by atoms with Gasteiger partial charge in [-0.05, 0) is 146 Å². The average molecular weight is 1470 g/mol. The molecule has 2 unspecified atom stereocenters. The van der Waals surface area contributed by atoms with Crippen LogP contribution < -0.4 is 25.6 Å². The fraction of sp³-hybridized carbons (Fsp3) is 0.486. The molecule has 2 aromatic carbocycles. The van der Waals surface area contributed by atoms with Crippen molar-refractivity contribution in [2.24, 2.45) is 16.2 Å². The van der Waals surface area contributed by atoms with E-state index < -0.39 is 82.7 Å². The number of aromatic carboxylic acids is 1. The maximum Gasteiger partial charge on any atom is 0.410 e. The predicted octanol–water partition coefficient (Wildman–Crippen LogP) is 6.62. The molecule has 7 atom stereocenters. The van der Waals surface area contributed by atoms with Crippen LogP contribution in [0.25, 0.3) is 27.6 Å².